The summed E-state index contributed by atoms with van der Waals surface area (Å²) >= 11 is 0. The van der Waals surface area contributed by atoms with Gasteiger partial charge >= 0.3 is 7.54 Å². The Morgan fingerprint density at radius 1 is 1.25 bits per heavy atom. The Morgan fingerprint density at radius 2 is 1.81 bits per heavy atom. The highest BCUT2D eigenvalue weighted by atomic mass is 19.4. The summed E-state index contributed by atoms with van der Waals surface area (Å²) in [5, 5.41) is 0. The number of carbonyl (C=O) groups is 1. The van der Waals surface area contributed by atoms with E-state index in [2.05, 4.69) is 12.1 Å². The quantitative estimate of drug-likeness (QED) is 0.414. The second kappa shape index (κ2) is 7.03. The van der Waals surface area contributed by atoms with Crippen LogP contribution in [0.25, 0.3) is 0 Å². The fourth-order valence-corrected chi connectivity index (χ4v) is 1.73. The summed E-state index contributed by atoms with van der Waals surface area (Å²) in [5.74, 6) is 0.172. The van der Waals surface area contributed by atoms with Crippen molar-refractivity contribution in [3.8, 4) is 0 Å². The third-order valence-corrected chi connectivity index (χ3v) is 2.34. The number of benzene rings is 1. The number of rotatable bonds is 1. The van der Waals surface area contributed by atoms with Gasteiger partial charge in [-0.15, -0.1) is 0 Å². The molecule has 1 aromatic carbocycles. The molecule has 1 aliphatic carbocycles. The van der Waals surface area contributed by atoms with Crippen LogP contribution in [0.4, 0.5) is 17.7 Å². The van der Waals surface area contributed by atoms with Gasteiger partial charge in [0, 0.05) is 5.92 Å². The van der Waals surface area contributed by atoms with Gasteiger partial charge in [0.25, 0.3) is 0 Å². The minimum absolute atomic E-state index is 0. The SMILES string of the molecule is F.FB(F)F.O=CC1CCc2ccccc21. The first kappa shape index (κ1) is 14.7. The molecule has 0 aromatic heterocycles. The van der Waals surface area contributed by atoms with Crippen LogP contribution in [0.2, 0.25) is 0 Å². The average molecular weight is 234 g/mol. The largest absolute Gasteiger partial charge is 0.762 e. The highest BCUT2D eigenvalue weighted by molar-refractivity contribution is 6.33. The maximum absolute atomic E-state index is 10.6. The van der Waals surface area contributed by atoms with Crippen LogP contribution in [0.5, 0.6) is 0 Å². The maximum Gasteiger partial charge on any atom is 0.762 e. The second-order valence-corrected chi connectivity index (χ2v) is 3.23. The predicted octanol–water partition coefficient (Wildman–Crippen LogP) is 2.95. The number of carbonyl (C=O) groups excluding carboxylic acids is 1. The predicted molar refractivity (Wildman–Crippen MR) is 55.1 cm³/mol. The Morgan fingerprint density at radius 3 is 2.38 bits per heavy atom. The number of hydrogen-bond acceptors (Lipinski definition) is 1. The highest BCUT2D eigenvalue weighted by Crippen LogP contribution is 2.30. The first-order valence-electron chi connectivity index (χ1n) is 4.60. The van der Waals surface area contributed by atoms with Crippen molar-refractivity contribution in [2.45, 2.75) is 18.8 Å². The van der Waals surface area contributed by atoms with E-state index in [9.17, 15) is 17.7 Å². The van der Waals surface area contributed by atoms with E-state index in [-0.39, 0.29) is 10.6 Å². The van der Waals surface area contributed by atoms with Gasteiger partial charge in [0.15, 0.2) is 0 Å². The number of aryl methyl sites for hydroxylation is 1. The number of fused-ring (bicyclic) bond motifs is 1. The molecule has 16 heavy (non-hydrogen) atoms. The van der Waals surface area contributed by atoms with E-state index in [1.807, 2.05) is 12.1 Å². The Kier molecular flexibility index (Phi) is 6.45. The van der Waals surface area contributed by atoms with Crippen LogP contribution in [0.15, 0.2) is 24.3 Å². The van der Waals surface area contributed by atoms with Crippen LogP contribution in [-0.4, -0.2) is 13.8 Å². The van der Waals surface area contributed by atoms with Gasteiger partial charge in [-0.3, -0.25) is 17.7 Å². The fourth-order valence-electron chi connectivity index (χ4n) is 1.73. The molecule has 0 saturated heterocycles. The van der Waals surface area contributed by atoms with Gasteiger partial charge in [0.05, 0.1) is 0 Å². The summed E-state index contributed by atoms with van der Waals surface area (Å²) < 4.78 is 29.0. The molecule has 0 fully saturated rings. The van der Waals surface area contributed by atoms with E-state index < -0.39 is 7.54 Å². The van der Waals surface area contributed by atoms with Gasteiger partial charge in [-0.1, -0.05) is 24.3 Å². The van der Waals surface area contributed by atoms with Crippen molar-refractivity contribution >= 4 is 13.8 Å². The third kappa shape index (κ3) is 4.04. The Bertz CT molecular complexity index is 330. The number of halogens is 4. The van der Waals surface area contributed by atoms with Crippen molar-refractivity contribution < 1.29 is 22.4 Å². The summed E-state index contributed by atoms with van der Waals surface area (Å²) in [6.45, 7) is 0. The first-order chi connectivity index (χ1) is 7.15. The lowest BCUT2D eigenvalue weighted by molar-refractivity contribution is -0.109. The van der Waals surface area contributed by atoms with Gasteiger partial charge < -0.3 is 4.79 Å². The van der Waals surface area contributed by atoms with E-state index in [1.54, 1.807) is 0 Å². The molecule has 88 valence electrons. The van der Waals surface area contributed by atoms with Crippen molar-refractivity contribution in [1.29, 1.82) is 0 Å². The summed E-state index contributed by atoms with van der Waals surface area (Å²) in [4.78, 5) is 10.6. The van der Waals surface area contributed by atoms with Crippen molar-refractivity contribution in [2.24, 2.45) is 0 Å². The standard InChI is InChI=1S/C10H10O.BF3.FH/c11-7-9-6-5-8-3-1-2-4-10(8)9;2-1(3)4;/h1-4,7,9H,5-6H2;;1H. The van der Waals surface area contributed by atoms with Gasteiger partial charge in [0.2, 0.25) is 0 Å². The lowest BCUT2D eigenvalue weighted by atomic mass is 10.0. The second-order valence-electron chi connectivity index (χ2n) is 3.23. The molecule has 0 radical (unpaired) electrons. The van der Waals surface area contributed by atoms with Crippen molar-refractivity contribution in [1.82, 2.24) is 0 Å². The monoisotopic (exact) mass is 234 g/mol. The molecule has 0 spiro atoms. The molecule has 0 amide bonds. The summed E-state index contributed by atoms with van der Waals surface area (Å²) in [6, 6.07) is 8.20. The molecule has 0 heterocycles. The zero-order valence-electron chi connectivity index (χ0n) is 8.41. The van der Waals surface area contributed by atoms with E-state index >= 15 is 0 Å². The van der Waals surface area contributed by atoms with E-state index in [0.29, 0.717) is 0 Å². The Labute approximate surface area is 91.2 Å². The zero-order chi connectivity index (χ0) is 11.3. The van der Waals surface area contributed by atoms with Gasteiger partial charge in [0.1, 0.15) is 6.29 Å². The van der Waals surface area contributed by atoms with Gasteiger partial charge in [-0.2, -0.15) is 0 Å². The van der Waals surface area contributed by atoms with Crippen LogP contribution in [0, 0.1) is 0 Å². The molecule has 6 heteroatoms. The molecular weight excluding hydrogens is 223 g/mol. The maximum atomic E-state index is 10.6. The Hall–Kier alpha value is -1.33. The number of aldehydes is 1. The minimum atomic E-state index is -3.67. The molecule has 0 aliphatic heterocycles. The van der Waals surface area contributed by atoms with Crippen LogP contribution >= 0.6 is 0 Å². The molecule has 1 atom stereocenters. The van der Waals surface area contributed by atoms with Gasteiger partial charge in [-0.25, -0.2) is 0 Å². The number of hydrogen-bond donors (Lipinski definition) is 0. The Balaban J connectivity index is 0.000000397. The van der Waals surface area contributed by atoms with Crippen LogP contribution in [-0.2, 0) is 11.2 Å². The smallest absolute Gasteiger partial charge is 0.303 e. The molecule has 1 aromatic rings. The minimum Gasteiger partial charge on any atom is -0.303 e. The van der Waals surface area contributed by atoms with Crippen LogP contribution in [0.1, 0.15) is 23.5 Å². The molecule has 0 N–H and O–H groups in total. The van der Waals surface area contributed by atoms with Crippen LogP contribution in [0.3, 0.4) is 0 Å². The first-order valence-corrected chi connectivity index (χ1v) is 4.60. The summed E-state index contributed by atoms with van der Waals surface area (Å²) in [6.07, 6.45) is 3.13. The van der Waals surface area contributed by atoms with E-state index in [0.717, 1.165) is 19.1 Å². The molecule has 0 saturated carbocycles. The average Bonchev–Trinajstić information content (AvgIpc) is 2.59. The fraction of sp³-hybridized carbons (Fsp3) is 0.300. The molecule has 1 unspecified atom stereocenters. The van der Waals surface area contributed by atoms with Crippen molar-refractivity contribution in [3.63, 3.8) is 0 Å². The molecular formula is C10H11BF4O. The molecule has 2 rings (SSSR count). The summed E-state index contributed by atoms with van der Waals surface area (Å²) in [7, 11) is -3.67. The summed E-state index contributed by atoms with van der Waals surface area (Å²) in [5.41, 5.74) is 2.59. The lowest BCUT2D eigenvalue weighted by Gasteiger charge is -2.00. The van der Waals surface area contributed by atoms with E-state index in [4.69, 9.17) is 0 Å². The molecule has 1 nitrogen and oxygen atoms in total. The van der Waals surface area contributed by atoms with Crippen molar-refractivity contribution in [2.75, 3.05) is 0 Å². The molecule has 0 bridgehead atoms. The zero-order valence-corrected chi connectivity index (χ0v) is 8.41. The normalized spacial score (nSPS) is 16.3. The van der Waals surface area contributed by atoms with Gasteiger partial charge in [-0.05, 0) is 24.0 Å². The van der Waals surface area contributed by atoms with Crippen LogP contribution < -0.4 is 0 Å². The highest BCUT2D eigenvalue weighted by Gasteiger charge is 2.20. The molecule has 1 aliphatic rings. The van der Waals surface area contributed by atoms with Crippen molar-refractivity contribution in [3.05, 3.63) is 35.4 Å². The lowest BCUT2D eigenvalue weighted by Crippen LogP contribution is -1.92. The third-order valence-electron chi connectivity index (χ3n) is 2.34. The van der Waals surface area contributed by atoms with E-state index in [1.165, 1.54) is 11.1 Å². The topological polar surface area (TPSA) is 17.1 Å².